The summed E-state index contributed by atoms with van der Waals surface area (Å²) in [5.41, 5.74) is 2.53. The molecular weight excluding hydrogens is 460 g/mol. The monoisotopic (exact) mass is 476 g/mol. The van der Waals surface area contributed by atoms with E-state index >= 15 is 0 Å². The highest BCUT2D eigenvalue weighted by molar-refractivity contribution is 9.12. The van der Waals surface area contributed by atoms with Crippen LogP contribution in [-0.4, -0.2) is 35.1 Å². The summed E-state index contributed by atoms with van der Waals surface area (Å²) in [6, 6.07) is 19.2. The van der Waals surface area contributed by atoms with Gasteiger partial charge in [0.15, 0.2) is 4.32 Å². The number of hydrogen-bond acceptors (Lipinski definition) is 2. The number of nitrogens with zero attached hydrogens (tertiary/aromatic N) is 1. The Labute approximate surface area is 169 Å². The van der Waals surface area contributed by atoms with Crippen LogP contribution in [-0.2, 0) is 9.59 Å². The van der Waals surface area contributed by atoms with Crippen LogP contribution in [0.25, 0.3) is 5.70 Å². The molecule has 134 valence electrons. The highest BCUT2D eigenvalue weighted by Crippen LogP contribution is 2.51. The van der Waals surface area contributed by atoms with E-state index in [2.05, 4.69) is 37.2 Å². The molecule has 0 fully saturated rings. The minimum absolute atomic E-state index is 0.312. The zero-order valence-electron chi connectivity index (χ0n) is 14.4. The van der Waals surface area contributed by atoms with Gasteiger partial charge in [-0.1, -0.05) is 92.5 Å². The molecule has 2 aromatic rings. The Morgan fingerprint density at radius 2 is 1.62 bits per heavy atom. The lowest BCUT2D eigenvalue weighted by Gasteiger charge is -2.42. The number of amides is 2. The molecule has 1 heterocycles. The molecule has 3 rings (SSSR count). The number of carbonyl (C=O) groups is 2. The Morgan fingerprint density at radius 1 is 1.08 bits per heavy atom. The van der Waals surface area contributed by atoms with E-state index in [0.717, 1.165) is 21.3 Å². The molecule has 2 amide bonds. The summed E-state index contributed by atoms with van der Waals surface area (Å²) in [7, 11) is 3.22. The average molecular weight is 478 g/mol. The molecule has 2 atom stereocenters. The topological polar surface area (TPSA) is 49.4 Å². The van der Waals surface area contributed by atoms with Gasteiger partial charge in [-0.3, -0.25) is 9.59 Å². The van der Waals surface area contributed by atoms with E-state index in [9.17, 15) is 9.59 Å². The lowest BCUT2D eigenvalue weighted by Crippen LogP contribution is -2.58. The van der Waals surface area contributed by atoms with Gasteiger partial charge in [0.2, 0.25) is 5.91 Å². The van der Waals surface area contributed by atoms with Crippen LogP contribution in [0.3, 0.4) is 0 Å². The van der Waals surface area contributed by atoms with Crippen molar-refractivity contribution >= 4 is 49.4 Å². The molecule has 0 aromatic heterocycles. The maximum absolute atomic E-state index is 13.3. The molecule has 0 spiro atoms. The standard InChI is InChI=1S/C20H18Br2N2O2/c1-23-18(25)20(22)15(13-9-5-3-6-10-13)16(21)17(24(2)19(20)26)14-11-7-4-8-12-14/h3-12,15H,1-2H3,(H,23,25). The van der Waals surface area contributed by atoms with Gasteiger partial charge in [-0.15, -0.1) is 0 Å². The molecule has 1 aliphatic heterocycles. The Balaban J connectivity index is 2.30. The molecule has 1 aliphatic rings. The lowest BCUT2D eigenvalue weighted by atomic mass is 9.80. The fourth-order valence-electron chi connectivity index (χ4n) is 3.30. The van der Waals surface area contributed by atoms with E-state index in [1.54, 1.807) is 7.05 Å². The van der Waals surface area contributed by atoms with E-state index < -0.39 is 10.2 Å². The number of alkyl halides is 1. The Hall–Kier alpha value is -1.92. The van der Waals surface area contributed by atoms with Gasteiger partial charge in [-0.25, -0.2) is 0 Å². The molecule has 0 saturated heterocycles. The minimum atomic E-state index is -1.44. The molecule has 0 radical (unpaired) electrons. The van der Waals surface area contributed by atoms with Crippen molar-refractivity contribution in [2.75, 3.05) is 14.1 Å². The quantitative estimate of drug-likeness (QED) is 0.538. The third kappa shape index (κ3) is 2.91. The number of benzene rings is 2. The predicted octanol–water partition coefficient (Wildman–Crippen LogP) is 3.89. The van der Waals surface area contributed by atoms with Gasteiger partial charge < -0.3 is 10.2 Å². The third-order valence-corrected chi connectivity index (χ3v) is 6.56. The molecule has 0 saturated carbocycles. The first-order valence-electron chi connectivity index (χ1n) is 8.12. The molecule has 2 unspecified atom stereocenters. The maximum atomic E-state index is 13.3. The van der Waals surface area contributed by atoms with Crippen molar-refractivity contribution in [1.82, 2.24) is 10.2 Å². The van der Waals surface area contributed by atoms with Crippen LogP contribution in [0.15, 0.2) is 65.1 Å². The van der Waals surface area contributed by atoms with Crippen molar-refractivity contribution in [3.05, 3.63) is 76.3 Å². The lowest BCUT2D eigenvalue weighted by molar-refractivity contribution is -0.137. The first-order valence-corrected chi connectivity index (χ1v) is 9.70. The fraction of sp³-hybridized carbons (Fsp3) is 0.200. The summed E-state index contributed by atoms with van der Waals surface area (Å²) in [5.74, 6) is -1.19. The molecule has 0 bridgehead atoms. The van der Waals surface area contributed by atoms with Crippen LogP contribution < -0.4 is 5.32 Å². The SMILES string of the molecule is CNC(=O)C1(Br)C(=O)N(C)C(c2ccccc2)=C(Br)C1c1ccccc1. The Kier molecular flexibility index (Phi) is 5.34. The fourth-order valence-corrected chi connectivity index (χ4v) is 5.67. The van der Waals surface area contributed by atoms with E-state index in [4.69, 9.17) is 0 Å². The minimum Gasteiger partial charge on any atom is -0.357 e. The van der Waals surface area contributed by atoms with E-state index in [0.29, 0.717) is 0 Å². The summed E-state index contributed by atoms with van der Waals surface area (Å²) in [5, 5.41) is 2.62. The summed E-state index contributed by atoms with van der Waals surface area (Å²) in [6.45, 7) is 0. The molecule has 2 aromatic carbocycles. The number of hydrogen-bond donors (Lipinski definition) is 1. The van der Waals surface area contributed by atoms with Crippen LogP contribution >= 0.6 is 31.9 Å². The molecule has 26 heavy (non-hydrogen) atoms. The van der Waals surface area contributed by atoms with Crippen molar-refractivity contribution in [1.29, 1.82) is 0 Å². The van der Waals surface area contributed by atoms with Gasteiger partial charge in [0.25, 0.3) is 5.91 Å². The van der Waals surface area contributed by atoms with Gasteiger partial charge in [0.1, 0.15) is 0 Å². The van der Waals surface area contributed by atoms with E-state index in [-0.39, 0.29) is 11.8 Å². The zero-order valence-corrected chi connectivity index (χ0v) is 17.5. The third-order valence-electron chi connectivity index (χ3n) is 4.57. The summed E-state index contributed by atoms with van der Waals surface area (Å²) < 4.78 is -0.660. The van der Waals surface area contributed by atoms with Crippen molar-refractivity contribution < 1.29 is 9.59 Å². The molecule has 6 heteroatoms. The maximum Gasteiger partial charge on any atom is 0.254 e. The van der Waals surface area contributed by atoms with Crippen molar-refractivity contribution in [2.45, 2.75) is 10.2 Å². The van der Waals surface area contributed by atoms with E-state index in [1.165, 1.54) is 11.9 Å². The van der Waals surface area contributed by atoms with Crippen LogP contribution in [0, 0.1) is 0 Å². The Morgan fingerprint density at radius 3 is 2.15 bits per heavy atom. The van der Waals surface area contributed by atoms with Crippen molar-refractivity contribution in [3.63, 3.8) is 0 Å². The smallest absolute Gasteiger partial charge is 0.254 e. The number of carbonyl (C=O) groups excluding carboxylic acids is 2. The predicted molar refractivity (Wildman–Crippen MR) is 110 cm³/mol. The van der Waals surface area contributed by atoms with E-state index in [1.807, 2.05) is 60.7 Å². The number of allylic oxidation sites excluding steroid dienone is 1. The first kappa shape index (κ1) is 18.9. The van der Waals surface area contributed by atoms with Gasteiger partial charge in [-0.2, -0.15) is 0 Å². The average Bonchev–Trinajstić information content (AvgIpc) is 2.67. The number of halogens is 2. The first-order chi connectivity index (χ1) is 12.4. The highest BCUT2D eigenvalue weighted by Gasteiger charge is 2.56. The van der Waals surface area contributed by atoms with Gasteiger partial charge in [0.05, 0.1) is 11.6 Å². The summed E-state index contributed by atoms with van der Waals surface area (Å²) in [4.78, 5) is 27.6. The highest BCUT2D eigenvalue weighted by atomic mass is 79.9. The largest absolute Gasteiger partial charge is 0.357 e. The Bertz CT molecular complexity index is 868. The van der Waals surface area contributed by atoms with Crippen LogP contribution in [0.2, 0.25) is 0 Å². The van der Waals surface area contributed by atoms with Gasteiger partial charge >= 0.3 is 0 Å². The molecular formula is C20H18Br2N2O2. The second-order valence-electron chi connectivity index (χ2n) is 6.06. The van der Waals surface area contributed by atoms with Gasteiger partial charge in [-0.05, 0) is 11.1 Å². The van der Waals surface area contributed by atoms with Crippen LogP contribution in [0.5, 0.6) is 0 Å². The molecule has 0 aliphatic carbocycles. The summed E-state index contributed by atoms with van der Waals surface area (Å²) >= 11 is 7.21. The van der Waals surface area contributed by atoms with Gasteiger partial charge in [0, 0.05) is 18.6 Å². The van der Waals surface area contributed by atoms with Crippen molar-refractivity contribution in [2.24, 2.45) is 0 Å². The number of nitrogens with one attached hydrogen (secondary N) is 1. The second kappa shape index (κ2) is 7.37. The van der Waals surface area contributed by atoms with Crippen LogP contribution in [0.4, 0.5) is 0 Å². The number of rotatable bonds is 3. The summed E-state index contributed by atoms with van der Waals surface area (Å²) in [6.07, 6.45) is 0. The zero-order chi connectivity index (χ0) is 18.9. The van der Waals surface area contributed by atoms with Crippen LogP contribution in [0.1, 0.15) is 17.0 Å². The molecule has 1 N–H and O–H groups in total. The molecule has 4 nitrogen and oxygen atoms in total. The van der Waals surface area contributed by atoms with Crippen molar-refractivity contribution in [3.8, 4) is 0 Å². The second-order valence-corrected chi connectivity index (χ2v) is 8.17. The normalized spacial score (nSPS) is 23.2.